The number of nitrogens with one attached hydrogen (secondary N) is 1. The summed E-state index contributed by atoms with van der Waals surface area (Å²) in [6.45, 7) is 8.05. The van der Waals surface area contributed by atoms with E-state index in [9.17, 15) is 19.3 Å². The van der Waals surface area contributed by atoms with Crippen LogP contribution in [0.3, 0.4) is 0 Å². The van der Waals surface area contributed by atoms with Gasteiger partial charge < -0.3 is 26.0 Å². The Bertz CT molecular complexity index is 1610. The van der Waals surface area contributed by atoms with Crippen molar-refractivity contribution in [3.05, 3.63) is 48.5 Å². The lowest BCUT2D eigenvalue weighted by atomic mass is 9.97. The number of aromatic nitrogens is 4. The number of nitrogens with two attached hydrogens (primary N) is 2. The highest BCUT2D eigenvalue weighted by Gasteiger charge is 2.54. The second kappa shape index (κ2) is 15.9. The molecule has 0 aliphatic carbocycles. The van der Waals surface area contributed by atoms with E-state index < -0.39 is 48.5 Å². The van der Waals surface area contributed by atoms with Crippen molar-refractivity contribution < 1.29 is 37.8 Å². The largest absolute Gasteiger partial charge is 0.463 e. The lowest BCUT2D eigenvalue weighted by molar-refractivity contribution is -0.150. The van der Waals surface area contributed by atoms with Crippen molar-refractivity contribution in [2.24, 2.45) is 17.1 Å². The highest BCUT2D eigenvalue weighted by molar-refractivity contribution is 8.13. The van der Waals surface area contributed by atoms with Crippen molar-refractivity contribution in [3.8, 4) is 0 Å². The maximum Gasteiger partial charge on any atom is 0.405 e. The van der Waals surface area contributed by atoms with Gasteiger partial charge in [0.25, 0.3) is 0 Å². The molecule has 4 rings (SSSR count). The van der Waals surface area contributed by atoms with Crippen LogP contribution in [0, 0.1) is 11.3 Å². The molecule has 2 aromatic heterocycles. The highest BCUT2D eigenvalue weighted by atomic mass is 35.5. The van der Waals surface area contributed by atoms with Crippen LogP contribution in [0.4, 0.5) is 5.82 Å². The summed E-state index contributed by atoms with van der Waals surface area (Å²) >= 11 is 7.75. The summed E-state index contributed by atoms with van der Waals surface area (Å²) in [5.74, 6) is -0.372. The lowest BCUT2D eigenvalue weighted by Gasteiger charge is -2.26. The number of ether oxygens (including phenoxy) is 2. The molecule has 0 amide bonds. The molecule has 0 radical (unpaired) electrons. The normalized spacial score (nSPS) is 23.3. The van der Waals surface area contributed by atoms with Gasteiger partial charge in [-0.25, -0.2) is 24.6 Å². The number of hydrogen-bond donors (Lipinski definition) is 4. The van der Waals surface area contributed by atoms with E-state index in [0.29, 0.717) is 11.2 Å². The molecule has 1 fully saturated rings. The molecule has 1 unspecified atom stereocenters. The summed E-state index contributed by atoms with van der Waals surface area (Å²) in [4.78, 5) is 36.2. The predicted molar refractivity (Wildman–Crippen MR) is 182 cm³/mol. The van der Waals surface area contributed by atoms with Gasteiger partial charge in [-0.1, -0.05) is 55.9 Å². The van der Waals surface area contributed by atoms with Crippen LogP contribution in [-0.4, -0.2) is 84.4 Å². The fraction of sp³-hybridized carbons (Fsp3) is 0.567. The van der Waals surface area contributed by atoms with Gasteiger partial charge in [0.15, 0.2) is 22.8 Å². The Morgan fingerprint density at radius 3 is 2.62 bits per heavy atom. The number of halogens is 1. The fourth-order valence-electron chi connectivity index (χ4n) is 4.64. The van der Waals surface area contributed by atoms with Gasteiger partial charge in [-0.3, -0.25) is 23.2 Å². The monoisotopic (exact) mass is 727 g/mol. The first-order valence-corrected chi connectivity index (χ1v) is 18.2. The van der Waals surface area contributed by atoms with E-state index >= 15 is 0 Å². The molecule has 264 valence electrons. The molecular formula is C30H43ClN7O8PS. The van der Waals surface area contributed by atoms with Gasteiger partial charge >= 0.3 is 13.7 Å². The number of anilines is 1. The average Bonchev–Trinajstić information content (AvgIpc) is 3.58. The lowest BCUT2D eigenvalue weighted by Crippen LogP contribution is -2.40. The number of hydrogen-bond acceptors (Lipinski definition) is 14. The van der Waals surface area contributed by atoms with E-state index in [1.54, 1.807) is 39.2 Å². The smallest absolute Gasteiger partial charge is 0.405 e. The Morgan fingerprint density at radius 1 is 1.23 bits per heavy atom. The summed E-state index contributed by atoms with van der Waals surface area (Å²) in [5, 5.41) is 13.7. The molecule has 15 nitrogen and oxygen atoms in total. The fourth-order valence-corrected chi connectivity index (χ4v) is 7.17. The van der Waals surface area contributed by atoms with Gasteiger partial charge in [-0.15, -0.1) is 11.6 Å². The summed E-state index contributed by atoms with van der Waals surface area (Å²) in [7, 11) is -4.03. The molecule has 18 heteroatoms. The molecular weight excluding hydrogens is 685 g/mol. The van der Waals surface area contributed by atoms with Crippen LogP contribution in [0.5, 0.6) is 0 Å². The number of nitrogen functional groups attached to an aromatic ring is 1. The third-order valence-corrected chi connectivity index (χ3v) is 10.9. The zero-order valence-electron chi connectivity index (χ0n) is 27.4. The number of alkyl halides is 1. The van der Waals surface area contributed by atoms with Crippen LogP contribution < -0.4 is 16.6 Å². The minimum atomic E-state index is -4.03. The van der Waals surface area contributed by atoms with Crippen LogP contribution >= 0.6 is 31.1 Å². The number of esters is 1. The van der Waals surface area contributed by atoms with Crippen LogP contribution in [0.2, 0.25) is 0 Å². The van der Waals surface area contributed by atoms with Crippen LogP contribution in [0.1, 0.15) is 46.4 Å². The standard InChI is InChI=1S/C30H43ClN7O8PS/c1-18(2)21(32)26(40)43-15-29(3,4)28(41)48-12-11-44-47(42,37-13-19-9-7-6-8-10-19)45-14-20-23(39)30(5,31)27(46-20)38-17-36-22-24(33)34-16-35-25(22)38/h6-10,16-18,20-21,23,27,39H,11-15,32H2,1-5H3,(H,37,42)(H2,33,34,35)/t20-,21+,23-,27-,30-,47?/m1/s1. The Morgan fingerprint density at radius 2 is 1.94 bits per heavy atom. The number of nitrogens with zero attached hydrogens (tertiary/aromatic N) is 4. The zero-order valence-corrected chi connectivity index (χ0v) is 29.9. The molecule has 1 aliphatic rings. The third kappa shape index (κ3) is 9.11. The third-order valence-electron chi connectivity index (χ3n) is 7.78. The average molecular weight is 728 g/mol. The van der Waals surface area contributed by atoms with Crippen LogP contribution in [0.15, 0.2) is 43.0 Å². The molecule has 1 aromatic carbocycles. The Labute approximate surface area is 288 Å². The van der Waals surface area contributed by atoms with Gasteiger partial charge in [0, 0.05) is 12.3 Å². The molecule has 1 saturated heterocycles. The molecule has 6 N–H and O–H groups in total. The Balaban J connectivity index is 1.38. The van der Waals surface area contributed by atoms with Crippen molar-refractivity contribution in [2.75, 3.05) is 31.3 Å². The van der Waals surface area contributed by atoms with E-state index in [1.807, 2.05) is 30.3 Å². The number of benzene rings is 1. The molecule has 6 atom stereocenters. The number of thioether (sulfide) groups is 1. The summed E-state index contributed by atoms with van der Waals surface area (Å²) in [6, 6.07) is 8.43. The molecule has 3 heterocycles. The molecule has 0 saturated carbocycles. The number of carbonyl (C=O) groups excluding carboxylic acids is 2. The van der Waals surface area contributed by atoms with Crippen LogP contribution in [-0.2, 0) is 39.2 Å². The molecule has 0 spiro atoms. The molecule has 3 aromatic rings. The second-order valence-corrected chi connectivity index (χ2v) is 16.3. The minimum Gasteiger partial charge on any atom is -0.463 e. The maximum absolute atomic E-state index is 13.9. The first-order valence-electron chi connectivity index (χ1n) is 15.3. The minimum absolute atomic E-state index is 0.104. The van der Waals surface area contributed by atoms with Crippen molar-refractivity contribution in [1.82, 2.24) is 24.6 Å². The number of aliphatic hydroxyl groups is 1. The molecule has 0 bridgehead atoms. The van der Waals surface area contributed by atoms with E-state index in [4.69, 9.17) is 41.6 Å². The maximum atomic E-state index is 13.9. The van der Waals surface area contributed by atoms with Gasteiger partial charge in [0.05, 0.1) is 25.0 Å². The van der Waals surface area contributed by atoms with Crippen molar-refractivity contribution in [2.45, 2.75) is 70.5 Å². The first kappa shape index (κ1) is 38.1. The topological polar surface area (TPSA) is 216 Å². The van der Waals surface area contributed by atoms with Gasteiger partial charge in [0.2, 0.25) is 0 Å². The van der Waals surface area contributed by atoms with E-state index in [2.05, 4.69) is 20.0 Å². The van der Waals surface area contributed by atoms with Gasteiger partial charge in [-0.05, 0) is 32.3 Å². The van der Waals surface area contributed by atoms with Crippen molar-refractivity contribution >= 4 is 59.2 Å². The number of aliphatic hydroxyl groups excluding tert-OH is 1. The Hall–Kier alpha value is -2.66. The van der Waals surface area contributed by atoms with Crippen molar-refractivity contribution in [3.63, 3.8) is 0 Å². The number of rotatable bonds is 16. The van der Waals surface area contributed by atoms with E-state index in [-0.39, 0.29) is 49.0 Å². The quantitative estimate of drug-likeness (QED) is 0.0720. The van der Waals surface area contributed by atoms with E-state index in [1.165, 1.54) is 12.7 Å². The number of imidazole rings is 1. The Kier molecular flexibility index (Phi) is 12.6. The summed E-state index contributed by atoms with van der Waals surface area (Å²) < 4.78 is 38.4. The van der Waals surface area contributed by atoms with E-state index in [0.717, 1.165) is 17.3 Å². The van der Waals surface area contributed by atoms with Crippen molar-refractivity contribution in [1.29, 1.82) is 0 Å². The van der Waals surface area contributed by atoms with Gasteiger partial charge in [0.1, 0.15) is 41.6 Å². The number of carbonyl (C=O) groups is 2. The zero-order chi connectivity index (χ0) is 35.3. The van der Waals surface area contributed by atoms with Crippen LogP contribution in [0.25, 0.3) is 11.2 Å². The SMILES string of the molecule is CC(C)[C@H](N)C(=O)OCC(C)(C)C(=O)SCCOP(=O)(NCc1ccccc1)OC[C@H]1O[C@@H](n2cnc3c(N)ncnc32)[C@](C)(Cl)[C@@H]1O. The van der Waals surface area contributed by atoms with Gasteiger partial charge in [-0.2, -0.15) is 0 Å². The highest BCUT2D eigenvalue weighted by Crippen LogP contribution is 2.48. The summed E-state index contributed by atoms with van der Waals surface area (Å²) in [5.41, 5.74) is 12.3. The first-order chi connectivity index (χ1) is 22.6. The number of fused-ring (bicyclic) bond motifs is 1. The molecule has 1 aliphatic heterocycles. The summed E-state index contributed by atoms with van der Waals surface area (Å²) in [6.07, 6.45) is -0.496. The predicted octanol–water partition coefficient (Wildman–Crippen LogP) is 3.41. The second-order valence-electron chi connectivity index (χ2n) is 12.6. The molecule has 48 heavy (non-hydrogen) atoms.